The summed E-state index contributed by atoms with van der Waals surface area (Å²) in [5.41, 5.74) is 5.55. The molecule has 2 aromatic carbocycles. The molecule has 0 saturated carbocycles. The maximum atomic E-state index is 13.8. The normalized spacial score (nSPS) is 16.8. The first-order valence-electron chi connectivity index (χ1n) is 10.5. The van der Waals surface area contributed by atoms with Crippen LogP contribution < -0.4 is 4.90 Å². The van der Waals surface area contributed by atoms with Crippen molar-refractivity contribution in [2.45, 2.75) is 55.4 Å². The Bertz CT molecular complexity index is 1150. The highest BCUT2D eigenvalue weighted by molar-refractivity contribution is 7.75. The van der Waals surface area contributed by atoms with Crippen LogP contribution in [0.25, 0.3) is 0 Å². The minimum atomic E-state index is -2.82. The fourth-order valence-electron chi connectivity index (χ4n) is 4.73. The molecule has 0 radical (unpaired) electrons. The SMILES string of the molecule is Cc1cc(C)c(N2C(=O)C(C)(C)C(=O)[N+](c3c(C)cc(C)cc3C)=C2[B-](Cl)(Cl)Cl)c(C)c1. The van der Waals surface area contributed by atoms with Gasteiger partial charge in [-0.3, -0.25) is 0 Å². The molecule has 0 aromatic heterocycles. The molecule has 32 heavy (non-hydrogen) atoms. The van der Waals surface area contributed by atoms with E-state index in [1.807, 2.05) is 65.8 Å². The summed E-state index contributed by atoms with van der Waals surface area (Å²) < 4.78 is -1.37. The molecule has 0 saturated heterocycles. The summed E-state index contributed by atoms with van der Waals surface area (Å²) in [6, 6.07) is 7.92. The maximum Gasteiger partial charge on any atom is 0.361 e. The van der Waals surface area contributed by atoms with E-state index in [9.17, 15) is 9.59 Å². The van der Waals surface area contributed by atoms with Crippen LogP contribution in [0.3, 0.4) is 0 Å². The first-order valence-corrected chi connectivity index (χ1v) is 11.8. The predicted molar refractivity (Wildman–Crippen MR) is 136 cm³/mol. The van der Waals surface area contributed by atoms with Crippen LogP contribution in [0.2, 0.25) is 0 Å². The summed E-state index contributed by atoms with van der Waals surface area (Å²) in [4.78, 5) is 29.0. The number of aryl methyl sites for hydroxylation is 6. The molecule has 8 heteroatoms. The van der Waals surface area contributed by atoms with E-state index in [0.717, 1.165) is 33.4 Å². The number of carbonyl (C=O) groups is 2. The van der Waals surface area contributed by atoms with Crippen LogP contribution in [-0.2, 0) is 9.59 Å². The van der Waals surface area contributed by atoms with E-state index in [1.165, 1.54) is 9.48 Å². The summed E-state index contributed by atoms with van der Waals surface area (Å²) in [7, 11) is 0. The molecule has 0 fully saturated rings. The van der Waals surface area contributed by atoms with Gasteiger partial charge in [-0.2, -0.15) is 9.48 Å². The van der Waals surface area contributed by atoms with E-state index in [0.29, 0.717) is 11.4 Å². The number of hydrogen-bond acceptors (Lipinski definition) is 2. The zero-order valence-corrected chi connectivity index (χ0v) is 22.0. The molecule has 1 aliphatic heterocycles. The van der Waals surface area contributed by atoms with Crippen molar-refractivity contribution in [2.75, 3.05) is 4.90 Å². The fraction of sp³-hybridized carbons (Fsp3) is 0.375. The molecule has 0 aliphatic carbocycles. The van der Waals surface area contributed by atoms with Crippen molar-refractivity contribution in [2.24, 2.45) is 5.41 Å². The molecule has 170 valence electrons. The van der Waals surface area contributed by atoms with Gasteiger partial charge < -0.3 is 34.4 Å². The minimum Gasteiger partial charge on any atom is -0.337 e. The molecule has 1 heterocycles. The molecule has 3 rings (SSSR count). The summed E-state index contributed by atoms with van der Waals surface area (Å²) in [6.07, 6.45) is 0. The second kappa shape index (κ2) is 8.20. The quantitative estimate of drug-likeness (QED) is 0.283. The summed E-state index contributed by atoms with van der Waals surface area (Å²) in [5.74, 6) is -0.834. The number of hydrogen-bond donors (Lipinski definition) is 0. The average molecular weight is 494 g/mol. The van der Waals surface area contributed by atoms with Crippen molar-refractivity contribution in [3.8, 4) is 0 Å². The number of amides is 2. The Kier molecular flexibility index (Phi) is 6.36. The molecule has 0 atom stereocenters. The van der Waals surface area contributed by atoms with Crippen molar-refractivity contribution >= 4 is 67.7 Å². The first-order chi connectivity index (χ1) is 14.6. The van der Waals surface area contributed by atoms with Crippen LogP contribution >= 0.6 is 34.4 Å². The van der Waals surface area contributed by atoms with Crippen LogP contribution in [0.5, 0.6) is 0 Å². The molecular formula is C24H28BCl3N2O2. The molecule has 2 amide bonds. The Morgan fingerprint density at radius 1 is 0.781 bits per heavy atom. The Morgan fingerprint density at radius 2 is 1.19 bits per heavy atom. The smallest absolute Gasteiger partial charge is 0.337 e. The van der Waals surface area contributed by atoms with E-state index in [2.05, 4.69) is 0 Å². The lowest BCUT2D eigenvalue weighted by Crippen LogP contribution is -2.63. The molecule has 1 aliphatic rings. The molecule has 0 spiro atoms. The van der Waals surface area contributed by atoms with Crippen molar-refractivity contribution in [1.82, 2.24) is 0 Å². The molecule has 4 nitrogen and oxygen atoms in total. The Balaban J connectivity index is 2.56. The van der Waals surface area contributed by atoms with E-state index in [1.54, 1.807) is 13.8 Å². The van der Waals surface area contributed by atoms with E-state index < -0.39 is 21.6 Å². The topological polar surface area (TPSA) is 40.4 Å². The number of benzene rings is 2. The highest BCUT2D eigenvalue weighted by atomic mass is 35.6. The zero-order valence-electron chi connectivity index (χ0n) is 19.7. The van der Waals surface area contributed by atoms with E-state index >= 15 is 0 Å². The zero-order chi connectivity index (χ0) is 24.3. The van der Waals surface area contributed by atoms with Gasteiger partial charge in [-0.1, -0.05) is 35.4 Å². The highest BCUT2D eigenvalue weighted by Gasteiger charge is 2.57. The fourth-order valence-corrected chi connectivity index (χ4v) is 5.32. The van der Waals surface area contributed by atoms with Crippen molar-refractivity contribution in [1.29, 1.82) is 0 Å². The predicted octanol–water partition coefficient (Wildman–Crippen LogP) is 6.37. The number of rotatable bonds is 3. The number of carbonyl (C=O) groups excluding carboxylic acids is 2. The number of halogens is 3. The first kappa shape index (κ1) is 24.8. The van der Waals surface area contributed by atoms with Crippen LogP contribution in [0.1, 0.15) is 47.2 Å². The van der Waals surface area contributed by atoms with Gasteiger partial charge in [0.05, 0.1) is 0 Å². The highest BCUT2D eigenvalue weighted by Crippen LogP contribution is 2.41. The van der Waals surface area contributed by atoms with Gasteiger partial charge in [-0.25, -0.2) is 9.59 Å². The minimum absolute atomic E-state index is 0.0643. The van der Waals surface area contributed by atoms with Crippen molar-refractivity contribution in [3.05, 3.63) is 57.6 Å². The summed E-state index contributed by atoms with van der Waals surface area (Å²) in [5, 5.41) is 0. The lowest BCUT2D eigenvalue weighted by molar-refractivity contribution is -0.377. The second-order valence-corrected chi connectivity index (χ2v) is 12.0. The van der Waals surface area contributed by atoms with Gasteiger partial charge in [-0.15, -0.1) is 0 Å². The Labute approximate surface area is 204 Å². The maximum absolute atomic E-state index is 13.8. The Morgan fingerprint density at radius 3 is 1.59 bits per heavy atom. The molecule has 0 unspecified atom stereocenters. The van der Waals surface area contributed by atoms with Gasteiger partial charge in [0.25, 0.3) is 0 Å². The molecule has 2 aromatic rings. The number of nitrogens with zero attached hydrogens (tertiary/aromatic N) is 2. The van der Waals surface area contributed by atoms with Gasteiger partial charge >= 0.3 is 16.2 Å². The third kappa shape index (κ3) is 4.00. The van der Waals surface area contributed by atoms with Gasteiger partial charge in [-0.05, 0) is 77.6 Å². The molecular weight excluding hydrogens is 465 g/mol. The monoisotopic (exact) mass is 492 g/mol. The van der Waals surface area contributed by atoms with Gasteiger partial charge in [0.15, 0.2) is 5.41 Å². The Hall–Kier alpha value is -1.82. The summed E-state index contributed by atoms with van der Waals surface area (Å²) in [6.45, 7) is 14.9. The van der Waals surface area contributed by atoms with E-state index in [4.69, 9.17) is 34.4 Å². The van der Waals surface area contributed by atoms with Crippen molar-refractivity contribution < 1.29 is 14.2 Å². The van der Waals surface area contributed by atoms with E-state index in [-0.39, 0.29) is 5.73 Å². The standard InChI is InChI=1S/C24H28BCl3N2O2/c1-13-9-15(3)19(16(4)10-13)29-21(31)24(7,8)22(32)30(23(29)25(26,27)28)20-17(5)11-14(2)12-18(20)6/h9-12H,1-8H3. The second-order valence-electron chi connectivity index (χ2n) is 9.33. The lowest BCUT2D eigenvalue weighted by atomic mass is 9.83. The largest absolute Gasteiger partial charge is 0.361 e. The summed E-state index contributed by atoms with van der Waals surface area (Å²) >= 11 is 19.7. The number of anilines is 1. The van der Waals surface area contributed by atoms with Gasteiger partial charge in [0.1, 0.15) is 17.1 Å². The average Bonchev–Trinajstić information content (AvgIpc) is 2.60. The van der Waals surface area contributed by atoms with Crippen molar-refractivity contribution in [3.63, 3.8) is 0 Å². The van der Waals surface area contributed by atoms with Crippen LogP contribution in [0, 0.1) is 47.0 Å². The van der Waals surface area contributed by atoms with Crippen LogP contribution in [0.4, 0.5) is 11.4 Å². The molecule has 0 N–H and O–H groups in total. The number of amidine groups is 1. The van der Waals surface area contributed by atoms with Gasteiger partial charge in [0, 0.05) is 0 Å². The van der Waals surface area contributed by atoms with Crippen LogP contribution in [-0.4, -0.2) is 26.5 Å². The third-order valence-electron chi connectivity index (χ3n) is 5.94. The lowest BCUT2D eigenvalue weighted by Gasteiger charge is -2.39. The molecule has 0 bridgehead atoms. The van der Waals surface area contributed by atoms with Gasteiger partial charge in [0.2, 0.25) is 0 Å². The third-order valence-corrected chi connectivity index (χ3v) is 6.53. The van der Waals surface area contributed by atoms with Crippen LogP contribution in [0.15, 0.2) is 24.3 Å².